The second-order valence-corrected chi connectivity index (χ2v) is 11.8. The van der Waals surface area contributed by atoms with E-state index in [1.165, 1.54) is 4.31 Å². The summed E-state index contributed by atoms with van der Waals surface area (Å²) in [5, 5.41) is 2.92. The van der Waals surface area contributed by atoms with Gasteiger partial charge in [0.2, 0.25) is 21.8 Å². The zero-order valence-corrected chi connectivity index (χ0v) is 23.7. The molecule has 0 fully saturated rings. The number of carbonyl (C=O) groups excluding carboxylic acids is 2. The molecule has 0 unspecified atom stereocenters. The maximum Gasteiger partial charge on any atom is 0.243 e. The lowest BCUT2D eigenvalue weighted by Crippen LogP contribution is -2.50. The van der Waals surface area contributed by atoms with E-state index in [9.17, 15) is 18.0 Å². The quantitative estimate of drug-likeness (QED) is 0.437. The van der Waals surface area contributed by atoms with Crippen LogP contribution in [0.1, 0.15) is 51.2 Å². The average Bonchev–Trinajstić information content (AvgIpc) is 2.86. The van der Waals surface area contributed by atoms with Gasteiger partial charge < -0.3 is 19.7 Å². The van der Waals surface area contributed by atoms with E-state index in [1.807, 2.05) is 52.0 Å². The number of hydrogen-bond donors (Lipinski definition) is 1. The number of benzene rings is 2. The minimum Gasteiger partial charge on any atom is -0.486 e. The highest BCUT2D eigenvalue weighted by Gasteiger charge is 2.29. The van der Waals surface area contributed by atoms with Crippen molar-refractivity contribution in [3.63, 3.8) is 0 Å². The smallest absolute Gasteiger partial charge is 0.243 e. The summed E-state index contributed by atoms with van der Waals surface area (Å²) in [5.74, 6) is 0.661. The van der Waals surface area contributed by atoms with Crippen LogP contribution in [0.3, 0.4) is 0 Å². The van der Waals surface area contributed by atoms with Crippen LogP contribution in [-0.4, -0.2) is 63.2 Å². The van der Waals surface area contributed by atoms with Crippen molar-refractivity contribution < 1.29 is 27.5 Å². The lowest BCUT2D eigenvalue weighted by atomic mass is 10.1. The van der Waals surface area contributed by atoms with E-state index in [4.69, 9.17) is 9.47 Å². The van der Waals surface area contributed by atoms with Crippen molar-refractivity contribution in [1.29, 1.82) is 0 Å². The molecule has 0 spiro atoms. The zero-order valence-electron chi connectivity index (χ0n) is 22.9. The molecule has 0 saturated carbocycles. The summed E-state index contributed by atoms with van der Waals surface area (Å²) < 4.78 is 37.7. The van der Waals surface area contributed by atoms with Gasteiger partial charge >= 0.3 is 0 Å². The standard InChI is InChI=1S/C28H39N3O6S/c1-6-24(28(33)29-20(2)3)30(19-22-11-9-21(4)10-12-22)27(32)8-7-15-31(38(5,34)35)23-13-14-25-26(18-23)37-17-16-36-25/h9-14,18,20,24H,6-8,15-17,19H2,1-5H3,(H,29,33)/t24-/m0/s1. The molecule has 0 radical (unpaired) electrons. The molecular formula is C28H39N3O6S. The molecular weight excluding hydrogens is 506 g/mol. The van der Waals surface area contributed by atoms with Gasteiger partial charge in [0, 0.05) is 31.6 Å². The summed E-state index contributed by atoms with van der Waals surface area (Å²) in [5.41, 5.74) is 2.48. The van der Waals surface area contributed by atoms with Gasteiger partial charge in [-0.2, -0.15) is 0 Å². The third kappa shape index (κ3) is 7.86. The summed E-state index contributed by atoms with van der Waals surface area (Å²) in [4.78, 5) is 28.1. The number of sulfonamides is 1. The van der Waals surface area contributed by atoms with Crippen molar-refractivity contribution in [2.75, 3.05) is 30.3 Å². The fraction of sp³-hybridized carbons (Fsp3) is 0.500. The molecule has 0 aliphatic carbocycles. The summed E-state index contributed by atoms with van der Waals surface area (Å²) in [6.45, 7) is 8.88. The Kier molecular flexibility index (Phi) is 10.0. The molecule has 0 bridgehead atoms. The van der Waals surface area contributed by atoms with E-state index in [-0.39, 0.29) is 37.2 Å². The monoisotopic (exact) mass is 545 g/mol. The van der Waals surface area contributed by atoms with Crippen LogP contribution in [-0.2, 0) is 26.2 Å². The first kappa shape index (κ1) is 29.3. The molecule has 0 aromatic heterocycles. The molecule has 1 heterocycles. The molecule has 2 aromatic carbocycles. The van der Waals surface area contributed by atoms with Gasteiger partial charge in [-0.05, 0) is 51.3 Å². The van der Waals surface area contributed by atoms with E-state index in [1.54, 1.807) is 23.1 Å². The molecule has 10 heteroatoms. The SMILES string of the molecule is CC[C@@H](C(=O)NC(C)C)N(Cc1ccc(C)cc1)C(=O)CCCN(c1ccc2c(c1)OCCO2)S(C)(=O)=O. The number of nitrogens with one attached hydrogen (secondary N) is 1. The molecule has 3 rings (SSSR count). The van der Waals surface area contributed by atoms with Crippen LogP contribution in [0.15, 0.2) is 42.5 Å². The predicted octanol–water partition coefficient (Wildman–Crippen LogP) is 3.64. The van der Waals surface area contributed by atoms with Crippen LogP contribution in [0.25, 0.3) is 0 Å². The van der Waals surface area contributed by atoms with Crippen LogP contribution >= 0.6 is 0 Å². The van der Waals surface area contributed by atoms with Gasteiger partial charge in [-0.3, -0.25) is 13.9 Å². The Balaban J connectivity index is 1.76. The fourth-order valence-corrected chi connectivity index (χ4v) is 5.34. The van der Waals surface area contributed by atoms with E-state index in [0.29, 0.717) is 43.4 Å². The maximum absolute atomic E-state index is 13.5. The Bertz CT molecular complexity index is 1210. The summed E-state index contributed by atoms with van der Waals surface area (Å²) in [6, 6.07) is 12.2. The first-order valence-electron chi connectivity index (χ1n) is 13.0. The number of nitrogens with zero attached hydrogens (tertiary/aromatic N) is 2. The van der Waals surface area contributed by atoms with Gasteiger partial charge in [0.1, 0.15) is 19.3 Å². The van der Waals surface area contributed by atoms with Crippen molar-refractivity contribution in [3.05, 3.63) is 53.6 Å². The van der Waals surface area contributed by atoms with E-state index < -0.39 is 16.1 Å². The highest BCUT2D eigenvalue weighted by Crippen LogP contribution is 2.34. The maximum atomic E-state index is 13.5. The van der Waals surface area contributed by atoms with E-state index in [2.05, 4.69) is 5.32 Å². The number of carbonyl (C=O) groups is 2. The third-order valence-electron chi connectivity index (χ3n) is 6.26. The lowest BCUT2D eigenvalue weighted by Gasteiger charge is -2.31. The minimum atomic E-state index is -3.62. The highest BCUT2D eigenvalue weighted by atomic mass is 32.2. The van der Waals surface area contributed by atoms with Crippen LogP contribution < -0.4 is 19.1 Å². The Morgan fingerprint density at radius 1 is 1.03 bits per heavy atom. The summed E-state index contributed by atoms with van der Waals surface area (Å²) in [7, 11) is -3.62. The summed E-state index contributed by atoms with van der Waals surface area (Å²) in [6.07, 6.45) is 1.97. The van der Waals surface area contributed by atoms with Crippen LogP contribution in [0, 0.1) is 6.92 Å². The second kappa shape index (κ2) is 13.0. The van der Waals surface area contributed by atoms with Gasteiger partial charge in [0.15, 0.2) is 11.5 Å². The highest BCUT2D eigenvalue weighted by molar-refractivity contribution is 7.92. The first-order valence-corrected chi connectivity index (χ1v) is 14.9. The second-order valence-electron chi connectivity index (χ2n) is 9.86. The van der Waals surface area contributed by atoms with Crippen LogP contribution in [0.5, 0.6) is 11.5 Å². The number of anilines is 1. The van der Waals surface area contributed by atoms with E-state index in [0.717, 1.165) is 17.4 Å². The largest absolute Gasteiger partial charge is 0.486 e. The van der Waals surface area contributed by atoms with Crippen molar-refractivity contribution >= 4 is 27.5 Å². The van der Waals surface area contributed by atoms with Gasteiger partial charge in [-0.15, -0.1) is 0 Å². The summed E-state index contributed by atoms with van der Waals surface area (Å²) >= 11 is 0. The Hall–Kier alpha value is -3.27. The van der Waals surface area contributed by atoms with Gasteiger partial charge in [-0.25, -0.2) is 8.42 Å². The Morgan fingerprint density at radius 2 is 1.68 bits per heavy atom. The molecule has 9 nitrogen and oxygen atoms in total. The van der Waals surface area contributed by atoms with Gasteiger partial charge in [-0.1, -0.05) is 36.8 Å². The van der Waals surface area contributed by atoms with Crippen molar-refractivity contribution in [2.45, 2.75) is 65.6 Å². The number of aryl methyl sites for hydroxylation is 1. The molecule has 2 amide bonds. The Labute approximate surface area is 226 Å². The number of amides is 2. The normalized spacial score (nSPS) is 13.6. The topological polar surface area (TPSA) is 105 Å². The molecule has 1 aliphatic heterocycles. The van der Waals surface area contributed by atoms with E-state index >= 15 is 0 Å². The number of rotatable bonds is 12. The third-order valence-corrected chi connectivity index (χ3v) is 7.45. The molecule has 208 valence electrons. The number of fused-ring (bicyclic) bond motifs is 1. The molecule has 2 aromatic rings. The first-order chi connectivity index (χ1) is 18.0. The molecule has 1 atom stereocenters. The molecule has 1 aliphatic rings. The van der Waals surface area contributed by atoms with Crippen LogP contribution in [0.4, 0.5) is 5.69 Å². The number of ether oxygens (including phenoxy) is 2. The predicted molar refractivity (Wildman–Crippen MR) is 148 cm³/mol. The van der Waals surface area contributed by atoms with Crippen molar-refractivity contribution in [3.8, 4) is 11.5 Å². The average molecular weight is 546 g/mol. The molecule has 0 saturated heterocycles. The van der Waals surface area contributed by atoms with Gasteiger partial charge in [0.05, 0.1) is 11.9 Å². The number of hydrogen-bond acceptors (Lipinski definition) is 6. The van der Waals surface area contributed by atoms with Crippen molar-refractivity contribution in [1.82, 2.24) is 10.2 Å². The molecule has 1 N–H and O–H groups in total. The minimum absolute atomic E-state index is 0.0535. The van der Waals surface area contributed by atoms with Crippen molar-refractivity contribution in [2.24, 2.45) is 0 Å². The lowest BCUT2D eigenvalue weighted by molar-refractivity contribution is -0.141. The van der Waals surface area contributed by atoms with Gasteiger partial charge in [0.25, 0.3) is 0 Å². The van der Waals surface area contributed by atoms with Crippen LogP contribution in [0.2, 0.25) is 0 Å². The zero-order chi connectivity index (χ0) is 27.9. The Morgan fingerprint density at radius 3 is 2.29 bits per heavy atom. The molecule has 38 heavy (non-hydrogen) atoms. The fourth-order valence-electron chi connectivity index (χ4n) is 4.38.